The van der Waals surface area contributed by atoms with Crippen molar-refractivity contribution < 1.29 is 14.3 Å². The molecule has 0 radical (unpaired) electrons. The van der Waals surface area contributed by atoms with Crippen LogP contribution in [-0.2, 0) is 9.53 Å². The summed E-state index contributed by atoms with van der Waals surface area (Å²) in [6.07, 6.45) is 0.154. The number of carbonyl (C=O) groups is 1. The lowest BCUT2D eigenvalue weighted by atomic mass is 10.2. The van der Waals surface area contributed by atoms with E-state index in [4.69, 9.17) is 21.1 Å². The van der Waals surface area contributed by atoms with Crippen molar-refractivity contribution >= 4 is 29.0 Å². The number of halogens is 1. The topological polar surface area (TPSA) is 47.9 Å². The molecule has 0 aliphatic heterocycles. The minimum atomic E-state index is -0.294. The number of rotatable bonds is 5. The van der Waals surface area contributed by atoms with Crippen molar-refractivity contribution in [2.45, 2.75) is 20.3 Å². The van der Waals surface area contributed by atoms with Gasteiger partial charge in [0.25, 0.3) is 0 Å². The number of carbonyl (C=O) groups excluding carboxylic acids is 1. The van der Waals surface area contributed by atoms with Crippen molar-refractivity contribution in [3.8, 4) is 5.75 Å². The Balaban J connectivity index is 2.84. The van der Waals surface area contributed by atoms with Gasteiger partial charge in [0.15, 0.2) is 0 Å². The highest BCUT2D eigenvalue weighted by Gasteiger charge is 2.06. The standard InChI is InChI=1S/C13H16ClNO3/c1-4-18-13(16)7-9(2)15-12-8-10(17-3)5-6-11(12)14/h5-6,8H,4,7H2,1-3H3. The van der Waals surface area contributed by atoms with Gasteiger partial charge < -0.3 is 9.47 Å². The second kappa shape index (κ2) is 7.01. The van der Waals surface area contributed by atoms with Gasteiger partial charge in [0.2, 0.25) is 0 Å². The van der Waals surface area contributed by atoms with Gasteiger partial charge in [0.1, 0.15) is 5.75 Å². The summed E-state index contributed by atoms with van der Waals surface area (Å²) in [4.78, 5) is 15.6. The van der Waals surface area contributed by atoms with Crippen LogP contribution in [0.5, 0.6) is 5.75 Å². The zero-order valence-electron chi connectivity index (χ0n) is 10.7. The average Bonchev–Trinajstić information content (AvgIpc) is 2.32. The Kier molecular flexibility index (Phi) is 5.65. The molecule has 0 fully saturated rings. The Morgan fingerprint density at radius 1 is 1.44 bits per heavy atom. The molecular weight excluding hydrogens is 254 g/mol. The number of ether oxygens (including phenoxy) is 2. The Morgan fingerprint density at radius 3 is 2.78 bits per heavy atom. The fourth-order valence-electron chi connectivity index (χ4n) is 1.37. The van der Waals surface area contributed by atoms with Gasteiger partial charge in [-0.1, -0.05) is 11.6 Å². The van der Waals surface area contributed by atoms with Gasteiger partial charge in [-0.15, -0.1) is 0 Å². The molecule has 0 N–H and O–H groups in total. The molecular formula is C13H16ClNO3. The molecule has 0 heterocycles. The molecule has 1 rings (SSSR count). The maximum atomic E-state index is 11.3. The van der Waals surface area contributed by atoms with E-state index in [9.17, 15) is 4.79 Å². The van der Waals surface area contributed by atoms with E-state index in [1.807, 2.05) is 0 Å². The molecule has 0 atom stereocenters. The molecule has 0 aromatic heterocycles. The molecule has 5 heteroatoms. The molecule has 4 nitrogen and oxygen atoms in total. The van der Waals surface area contributed by atoms with E-state index >= 15 is 0 Å². The van der Waals surface area contributed by atoms with Gasteiger partial charge in [-0.25, -0.2) is 0 Å². The summed E-state index contributed by atoms with van der Waals surface area (Å²) < 4.78 is 9.94. The van der Waals surface area contributed by atoms with E-state index in [1.165, 1.54) is 0 Å². The average molecular weight is 270 g/mol. The second-order valence-electron chi connectivity index (χ2n) is 3.65. The second-order valence-corrected chi connectivity index (χ2v) is 4.05. The van der Waals surface area contributed by atoms with Gasteiger partial charge >= 0.3 is 5.97 Å². The fourth-order valence-corrected chi connectivity index (χ4v) is 1.53. The lowest BCUT2D eigenvalue weighted by Gasteiger charge is -2.05. The highest BCUT2D eigenvalue weighted by Crippen LogP contribution is 2.29. The first kappa shape index (κ1) is 14.5. The minimum Gasteiger partial charge on any atom is -0.497 e. The van der Waals surface area contributed by atoms with E-state index in [0.717, 1.165) is 0 Å². The molecule has 0 aliphatic rings. The third kappa shape index (κ3) is 4.37. The fraction of sp³-hybridized carbons (Fsp3) is 0.385. The van der Waals surface area contributed by atoms with Crippen molar-refractivity contribution in [2.75, 3.05) is 13.7 Å². The number of aliphatic imine (C=N–C) groups is 1. The first-order valence-corrected chi connectivity index (χ1v) is 5.98. The van der Waals surface area contributed by atoms with E-state index in [0.29, 0.717) is 28.8 Å². The summed E-state index contributed by atoms with van der Waals surface area (Å²) in [6.45, 7) is 3.89. The van der Waals surface area contributed by atoms with Crippen LogP contribution in [0.15, 0.2) is 23.2 Å². The molecule has 0 aliphatic carbocycles. The molecule has 0 saturated heterocycles. The predicted molar refractivity (Wildman–Crippen MR) is 72.0 cm³/mol. The van der Waals surface area contributed by atoms with Crippen LogP contribution < -0.4 is 4.74 Å². The molecule has 0 amide bonds. The van der Waals surface area contributed by atoms with Crippen LogP contribution in [0.1, 0.15) is 20.3 Å². The van der Waals surface area contributed by atoms with Crippen LogP contribution in [0, 0.1) is 0 Å². The van der Waals surface area contributed by atoms with E-state index in [-0.39, 0.29) is 12.4 Å². The summed E-state index contributed by atoms with van der Waals surface area (Å²) >= 11 is 6.02. The number of methoxy groups -OCH3 is 1. The van der Waals surface area contributed by atoms with Crippen LogP contribution in [0.2, 0.25) is 5.02 Å². The number of hydrogen-bond donors (Lipinski definition) is 0. The van der Waals surface area contributed by atoms with Gasteiger partial charge in [-0.2, -0.15) is 0 Å². The number of esters is 1. The molecule has 0 unspecified atom stereocenters. The molecule has 0 spiro atoms. The van der Waals surface area contributed by atoms with Gasteiger partial charge in [0.05, 0.1) is 30.8 Å². The molecule has 0 bridgehead atoms. The SMILES string of the molecule is CCOC(=O)CC(C)=Nc1cc(OC)ccc1Cl. The summed E-state index contributed by atoms with van der Waals surface area (Å²) in [5.41, 5.74) is 1.22. The molecule has 1 aromatic rings. The van der Waals surface area contributed by atoms with Crippen molar-refractivity contribution in [3.05, 3.63) is 23.2 Å². The quantitative estimate of drug-likeness (QED) is 0.608. The number of benzene rings is 1. The van der Waals surface area contributed by atoms with Crippen LogP contribution in [0.25, 0.3) is 0 Å². The Labute approximate surface area is 112 Å². The van der Waals surface area contributed by atoms with Crippen molar-refractivity contribution in [1.82, 2.24) is 0 Å². The Hall–Kier alpha value is -1.55. The highest BCUT2D eigenvalue weighted by atomic mass is 35.5. The zero-order valence-corrected chi connectivity index (χ0v) is 11.5. The zero-order chi connectivity index (χ0) is 13.5. The largest absolute Gasteiger partial charge is 0.497 e. The first-order valence-electron chi connectivity index (χ1n) is 5.60. The minimum absolute atomic E-state index is 0.154. The Morgan fingerprint density at radius 2 is 2.17 bits per heavy atom. The summed E-state index contributed by atoms with van der Waals surface area (Å²) in [6, 6.07) is 5.18. The molecule has 18 heavy (non-hydrogen) atoms. The van der Waals surface area contributed by atoms with Crippen LogP contribution in [0.3, 0.4) is 0 Å². The monoisotopic (exact) mass is 269 g/mol. The number of hydrogen-bond acceptors (Lipinski definition) is 4. The van der Waals surface area contributed by atoms with Crippen molar-refractivity contribution in [1.29, 1.82) is 0 Å². The van der Waals surface area contributed by atoms with Crippen LogP contribution in [0.4, 0.5) is 5.69 Å². The maximum Gasteiger partial charge on any atom is 0.311 e. The molecule has 1 aromatic carbocycles. The van der Waals surface area contributed by atoms with Gasteiger partial charge in [-0.05, 0) is 26.0 Å². The van der Waals surface area contributed by atoms with Crippen LogP contribution in [-0.4, -0.2) is 25.4 Å². The lowest BCUT2D eigenvalue weighted by molar-refractivity contribution is -0.141. The van der Waals surface area contributed by atoms with Gasteiger partial charge in [0, 0.05) is 11.8 Å². The van der Waals surface area contributed by atoms with Crippen molar-refractivity contribution in [3.63, 3.8) is 0 Å². The van der Waals surface area contributed by atoms with E-state index < -0.39 is 0 Å². The first-order chi connectivity index (χ1) is 8.56. The maximum absolute atomic E-state index is 11.3. The van der Waals surface area contributed by atoms with Crippen molar-refractivity contribution in [2.24, 2.45) is 4.99 Å². The van der Waals surface area contributed by atoms with Gasteiger partial charge in [-0.3, -0.25) is 9.79 Å². The van der Waals surface area contributed by atoms with Crippen LogP contribution >= 0.6 is 11.6 Å². The molecule has 0 saturated carbocycles. The summed E-state index contributed by atoms with van der Waals surface area (Å²) in [7, 11) is 1.57. The third-order valence-electron chi connectivity index (χ3n) is 2.17. The summed E-state index contributed by atoms with van der Waals surface area (Å²) in [5.74, 6) is 0.375. The van der Waals surface area contributed by atoms with E-state index in [1.54, 1.807) is 39.2 Å². The Bertz CT molecular complexity index is 458. The number of nitrogens with zero attached hydrogens (tertiary/aromatic N) is 1. The highest BCUT2D eigenvalue weighted by molar-refractivity contribution is 6.33. The summed E-state index contributed by atoms with van der Waals surface area (Å²) in [5, 5.41) is 0.513. The lowest BCUT2D eigenvalue weighted by Crippen LogP contribution is -2.08. The predicted octanol–water partition coefficient (Wildman–Crippen LogP) is 3.39. The van der Waals surface area contributed by atoms with E-state index in [2.05, 4.69) is 4.99 Å². The third-order valence-corrected chi connectivity index (χ3v) is 2.49. The normalized spacial score (nSPS) is 11.2. The smallest absolute Gasteiger partial charge is 0.311 e. The molecule has 98 valence electrons.